The van der Waals surface area contributed by atoms with Crippen molar-refractivity contribution in [3.05, 3.63) is 42.0 Å². The highest BCUT2D eigenvalue weighted by molar-refractivity contribution is 5.31. The first kappa shape index (κ1) is 9.28. The highest BCUT2D eigenvalue weighted by atomic mass is 16.5. The second kappa shape index (κ2) is 4.29. The van der Waals surface area contributed by atoms with Gasteiger partial charge >= 0.3 is 0 Å². The van der Waals surface area contributed by atoms with Gasteiger partial charge in [-0.25, -0.2) is 0 Å². The van der Waals surface area contributed by atoms with Crippen molar-refractivity contribution < 1.29 is 9.47 Å². The number of hydrogen-bond acceptors (Lipinski definition) is 2. The molecule has 0 aliphatic carbocycles. The minimum atomic E-state index is 0.0962. The minimum absolute atomic E-state index is 0.0962. The molecule has 1 aromatic rings. The summed E-state index contributed by atoms with van der Waals surface area (Å²) in [5.41, 5.74) is 1.15. The van der Waals surface area contributed by atoms with Crippen molar-refractivity contribution in [3.63, 3.8) is 0 Å². The third-order valence-electron chi connectivity index (χ3n) is 2.32. The lowest BCUT2D eigenvalue weighted by molar-refractivity contribution is 0.0799. The van der Waals surface area contributed by atoms with E-state index in [0.29, 0.717) is 0 Å². The van der Waals surface area contributed by atoms with E-state index in [-0.39, 0.29) is 6.10 Å². The largest absolute Gasteiger partial charge is 0.497 e. The van der Waals surface area contributed by atoms with Crippen LogP contribution < -0.4 is 4.74 Å². The number of ether oxygens (including phenoxy) is 2. The quantitative estimate of drug-likeness (QED) is 0.667. The lowest BCUT2D eigenvalue weighted by Gasteiger charge is -2.18. The molecule has 0 aromatic heterocycles. The van der Waals surface area contributed by atoms with Crippen LogP contribution >= 0.6 is 0 Å². The molecule has 1 atom stereocenters. The Balaban J connectivity index is 2.22. The molecule has 0 radical (unpaired) electrons. The van der Waals surface area contributed by atoms with E-state index in [1.807, 2.05) is 18.2 Å². The van der Waals surface area contributed by atoms with Crippen molar-refractivity contribution in [2.24, 2.45) is 0 Å². The van der Waals surface area contributed by atoms with Gasteiger partial charge in [0.15, 0.2) is 0 Å². The molecule has 74 valence electrons. The molecule has 1 aliphatic rings. The molecule has 0 saturated heterocycles. The second-order valence-electron chi connectivity index (χ2n) is 3.28. The molecule has 0 bridgehead atoms. The Morgan fingerprint density at radius 3 is 3.07 bits per heavy atom. The average molecular weight is 190 g/mol. The van der Waals surface area contributed by atoms with Gasteiger partial charge in [0, 0.05) is 0 Å². The van der Waals surface area contributed by atoms with Crippen LogP contribution in [-0.2, 0) is 4.74 Å². The maximum atomic E-state index is 5.62. The van der Waals surface area contributed by atoms with Crippen molar-refractivity contribution in [2.45, 2.75) is 12.5 Å². The summed E-state index contributed by atoms with van der Waals surface area (Å²) in [6.45, 7) is 0.804. The van der Waals surface area contributed by atoms with Crippen LogP contribution in [0.4, 0.5) is 0 Å². The number of methoxy groups -OCH3 is 1. The number of rotatable bonds is 2. The first-order valence-electron chi connectivity index (χ1n) is 4.82. The fraction of sp³-hybridized carbons (Fsp3) is 0.333. The summed E-state index contributed by atoms with van der Waals surface area (Å²) in [4.78, 5) is 0. The molecule has 1 heterocycles. The fourth-order valence-corrected chi connectivity index (χ4v) is 1.56. The minimum Gasteiger partial charge on any atom is -0.497 e. The Kier molecular flexibility index (Phi) is 2.84. The van der Waals surface area contributed by atoms with Crippen LogP contribution in [0.2, 0.25) is 0 Å². The third kappa shape index (κ3) is 1.96. The molecule has 0 N–H and O–H groups in total. The van der Waals surface area contributed by atoms with Crippen molar-refractivity contribution in [1.29, 1.82) is 0 Å². The first-order chi connectivity index (χ1) is 6.90. The topological polar surface area (TPSA) is 18.5 Å². The van der Waals surface area contributed by atoms with Crippen LogP contribution in [0.3, 0.4) is 0 Å². The lowest BCUT2D eigenvalue weighted by atomic mass is 10.1. The maximum Gasteiger partial charge on any atom is 0.119 e. The van der Waals surface area contributed by atoms with Crippen LogP contribution in [0, 0.1) is 0 Å². The van der Waals surface area contributed by atoms with Gasteiger partial charge in [0.2, 0.25) is 0 Å². The summed E-state index contributed by atoms with van der Waals surface area (Å²) in [7, 11) is 1.68. The van der Waals surface area contributed by atoms with Gasteiger partial charge in [-0.15, -0.1) is 0 Å². The number of hydrogen-bond donors (Lipinski definition) is 0. The van der Waals surface area contributed by atoms with E-state index in [9.17, 15) is 0 Å². The molecule has 0 saturated carbocycles. The SMILES string of the molecule is COc1cccc([C@H]2C=CCCO2)c1. The van der Waals surface area contributed by atoms with E-state index in [0.717, 1.165) is 24.3 Å². The fourth-order valence-electron chi connectivity index (χ4n) is 1.56. The molecule has 0 unspecified atom stereocenters. The van der Waals surface area contributed by atoms with Crippen LogP contribution in [-0.4, -0.2) is 13.7 Å². The average Bonchev–Trinajstić information content (AvgIpc) is 2.30. The zero-order chi connectivity index (χ0) is 9.80. The van der Waals surface area contributed by atoms with Gasteiger partial charge in [-0.1, -0.05) is 24.3 Å². The van der Waals surface area contributed by atoms with E-state index in [1.54, 1.807) is 7.11 Å². The molecule has 0 fully saturated rings. The molecule has 1 aliphatic heterocycles. The summed E-state index contributed by atoms with van der Waals surface area (Å²) in [6, 6.07) is 8.00. The summed E-state index contributed by atoms with van der Waals surface area (Å²) < 4.78 is 10.8. The van der Waals surface area contributed by atoms with E-state index < -0.39 is 0 Å². The molecule has 0 amide bonds. The highest BCUT2D eigenvalue weighted by Crippen LogP contribution is 2.25. The third-order valence-corrected chi connectivity index (χ3v) is 2.32. The van der Waals surface area contributed by atoms with Crippen molar-refractivity contribution >= 4 is 0 Å². The Bertz CT molecular complexity index is 331. The van der Waals surface area contributed by atoms with Gasteiger partial charge in [0.25, 0.3) is 0 Å². The standard InChI is InChI=1S/C12H14O2/c1-13-11-6-4-5-10(9-11)12-7-2-3-8-14-12/h2,4-7,9,12H,3,8H2,1H3/t12-/m1/s1. The lowest BCUT2D eigenvalue weighted by Crippen LogP contribution is -2.06. The Morgan fingerprint density at radius 1 is 1.43 bits per heavy atom. The van der Waals surface area contributed by atoms with Crippen LogP contribution in [0.25, 0.3) is 0 Å². The number of benzene rings is 1. The summed E-state index contributed by atoms with van der Waals surface area (Å²) >= 11 is 0. The predicted octanol–water partition coefficient (Wildman–Crippen LogP) is 2.71. The van der Waals surface area contributed by atoms with E-state index in [2.05, 4.69) is 18.2 Å². The van der Waals surface area contributed by atoms with Gasteiger partial charge in [-0.05, 0) is 24.1 Å². The van der Waals surface area contributed by atoms with Gasteiger partial charge in [-0.3, -0.25) is 0 Å². The zero-order valence-corrected chi connectivity index (χ0v) is 8.27. The molecule has 2 heteroatoms. The monoisotopic (exact) mass is 190 g/mol. The molecular formula is C12H14O2. The second-order valence-corrected chi connectivity index (χ2v) is 3.28. The van der Waals surface area contributed by atoms with Gasteiger partial charge in [0.05, 0.1) is 13.7 Å². The van der Waals surface area contributed by atoms with Gasteiger partial charge in [-0.2, -0.15) is 0 Å². The highest BCUT2D eigenvalue weighted by Gasteiger charge is 2.11. The Morgan fingerprint density at radius 2 is 2.36 bits per heavy atom. The molecule has 1 aromatic carbocycles. The van der Waals surface area contributed by atoms with Crippen LogP contribution in [0.15, 0.2) is 36.4 Å². The van der Waals surface area contributed by atoms with Gasteiger partial charge < -0.3 is 9.47 Å². The van der Waals surface area contributed by atoms with Gasteiger partial charge in [0.1, 0.15) is 11.9 Å². The molecular weight excluding hydrogens is 176 g/mol. The van der Waals surface area contributed by atoms with E-state index in [4.69, 9.17) is 9.47 Å². The van der Waals surface area contributed by atoms with Crippen LogP contribution in [0.1, 0.15) is 18.1 Å². The predicted molar refractivity (Wildman–Crippen MR) is 55.4 cm³/mol. The molecule has 14 heavy (non-hydrogen) atoms. The molecule has 2 nitrogen and oxygen atoms in total. The smallest absolute Gasteiger partial charge is 0.119 e. The molecule has 0 spiro atoms. The maximum absolute atomic E-state index is 5.62. The summed E-state index contributed by atoms with van der Waals surface area (Å²) in [5.74, 6) is 0.880. The summed E-state index contributed by atoms with van der Waals surface area (Å²) in [6.07, 6.45) is 5.37. The van der Waals surface area contributed by atoms with Crippen molar-refractivity contribution in [1.82, 2.24) is 0 Å². The van der Waals surface area contributed by atoms with E-state index >= 15 is 0 Å². The normalized spacial score (nSPS) is 20.8. The van der Waals surface area contributed by atoms with Crippen molar-refractivity contribution in [2.75, 3.05) is 13.7 Å². The van der Waals surface area contributed by atoms with Crippen LogP contribution in [0.5, 0.6) is 5.75 Å². The molecule has 2 rings (SSSR count). The van der Waals surface area contributed by atoms with Crippen molar-refractivity contribution in [3.8, 4) is 5.75 Å². The Hall–Kier alpha value is -1.28. The first-order valence-corrected chi connectivity index (χ1v) is 4.82. The Labute approximate surface area is 84.2 Å². The summed E-state index contributed by atoms with van der Waals surface area (Å²) in [5, 5.41) is 0. The zero-order valence-electron chi connectivity index (χ0n) is 8.27. The van der Waals surface area contributed by atoms with E-state index in [1.165, 1.54) is 0 Å².